The fourth-order valence-electron chi connectivity index (χ4n) is 3.92. The molecule has 2 amide bonds. The number of aliphatic hydroxyl groups excluding tert-OH is 1. The van der Waals surface area contributed by atoms with E-state index in [1.54, 1.807) is 0 Å². The van der Waals surface area contributed by atoms with Gasteiger partial charge in [0.2, 0.25) is 0 Å². The fourth-order valence-corrected chi connectivity index (χ4v) is 3.92. The molecule has 102 valence electrons. The first-order valence-electron chi connectivity index (χ1n) is 7.47. The third kappa shape index (κ3) is 2.35. The van der Waals surface area contributed by atoms with Crippen LogP contribution in [0.1, 0.15) is 44.9 Å². The number of amides is 2. The topological polar surface area (TPSA) is 52.6 Å². The molecular weight excluding hydrogens is 228 g/mol. The second-order valence-electron chi connectivity index (χ2n) is 6.26. The van der Waals surface area contributed by atoms with Gasteiger partial charge < -0.3 is 15.3 Å². The first-order valence-corrected chi connectivity index (χ1v) is 7.47. The summed E-state index contributed by atoms with van der Waals surface area (Å²) >= 11 is 0. The van der Waals surface area contributed by atoms with E-state index in [9.17, 15) is 9.90 Å². The number of aliphatic hydroxyl groups is 1. The molecular formula is C14H24N2O2. The van der Waals surface area contributed by atoms with Gasteiger partial charge in [0.1, 0.15) is 0 Å². The number of carbonyl (C=O) groups excluding carboxylic acids is 1. The normalized spacial score (nSPS) is 36.7. The highest BCUT2D eigenvalue weighted by Crippen LogP contribution is 2.38. The highest BCUT2D eigenvalue weighted by atomic mass is 16.3. The number of nitrogens with zero attached hydrogens (tertiary/aromatic N) is 1. The van der Waals surface area contributed by atoms with Crippen LogP contribution in [0.4, 0.5) is 4.79 Å². The lowest BCUT2D eigenvalue weighted by atomic mass is 9.96. The Labute approximate surface area is 109 Å². The molecule has 0 aromatic heterocycles. The highest BCUT2D eigenvalue weighted by molar-refractivity contribution is 5.75. The number of hydrogen-bond donors (Lipinski definition) is 2. The van der Waals surface area contributed by atoms with E-state index >= 15 is 0 Å². The van der Waals surface area contributed by atoms with Crippen molar-refractivity contribution in [2.24, 2.45) is 11.8 Å². The molecule has 3 fully saturated rings. The van der Waals surface area contributed by atoms with E-state index in [1.165, 1.54) is 19.3 Å². The van der Waals surface area contributed by atoms with E-state index in [0.29, 0.717) is 17.9 Å². The Morgan fingerprint density at radius 3 is 2.56 bits per heavy atom. The van der Waals surface area contributed by atoms with Gasteiger partial charge in [-0.3, -0.25) is 0 Å². The summed E-state index contributed by atoms with van der Waals surface area (Å²) in [4.78, 5) is 14.1. The van der Waals surface area contributed by atoms with Gasteiger partial charge in [-0.1, -0.05) is 19.3 Å². The maximum absolute atomic E-state index is 12.2. The lowest BCUT2D eigenvalue weighted by molar-refractivity contribution is 0.125. The van der Waals surface area contributed by atoms with Crippen molar-refractivity contribution in [2.75, 3.05) is 13.1 Å². The lowest BCUT2D eigenvalue weighted by Crippen LogP contribution is -2.45. The number of hydrogen-bond acceptors (Lipinski definition) is 2. The standard InChI is InChI=1S/C14H24N2O2/c17-13-7-6-10-8-16(9-12(10)13)14(18)15-11-4-2-1-3-5-11/h10-13,17H,1-9H2,(H,15,18). The molecule has 3 atom stereocenters. The summed E-state index contributed by atoms with van der Waals surface area (Å²) in [6, 6.07) is 0.486. The van der Waals surface area contributed by atoms with Gasteiger partial charge in [0.25, 0.3) is 0 Å². The van der Waals surface area contributed by atoms with Crippen LogP contribution in [0.3, 0.4) is 0 Å². The van der Waals surface area contributed by atoms with Crippen molar-refractivity contribution >= 4 is 6.03 Å². The van der Waals surface area contributed by atoms with Gasteiger partial charge in [-0.2, -0.15) is 0 Å². The van der Waals surface area contributed by atoms with Crippen LogP contribution in [-0.2, 0) is 0 Å². The largest absolute Gasteiger partial charge is 0.393 e. The number of rotatable bonds is 1. The summed E-state index contributed by atoms with van der Waals surface area (Å²) in [7, 11) is 0. The van der Waals surface area contributed by atoms with E-state index in [1.807, 2.05) is 4.90 Å². The number of likely N-dealkylation sites (tertiary alicyclic amines) is 1. The molecule has 0 aromatic carbocycles. The molecule has 0 aromatic rings. The molecule has 1 heterocycles. The van der Waals surface area contributed by atoms with E-state index in [-0.39, 0.29) is 12.1 Å². The smallest absolute Gasteiger partial charge is 0.317 e. The Morgan fingerprint density at radius 1 is 1.06 bits per heavy atom. The number of carbonyl (C=O) groups is 1. The second-order valence-corrected chi connectivity index (χ2v) is 6.26. The maximum atomic E-state index is 12.2. The first-order chi connectivity index (χ1) is 8.74. The van der Waals surface area contributed by atoms with Crippen LogP contribution >= 0.6 is 0 Å². The Morgan fingerprint density at radius 2 is 1.83 bits per heavy atom. The highest BCUT2D eigenvalue weighted by Gasteiger charge is 2.43. The second kappa shape index (κ2) is 5.08. The summed E-state index contributed by atoms with van der Waals surface area (Å²) in [6.45, 7) is 1.60. The Bertz CT molecular complexity index is 315. The van der Waals surface area contributed by atoms with Crippen LogP contribution in [0.5, 0.6) is 0 Å². The molecule has 3 aliphatic rings. The zero-order valence-electron chi connectivity index (χ0n) is 11.0. The SMILES string of the molecule is O=C(NC1CCCCC1)N1CC2CCC(O)C2C1. The van der Waals surface area contributed by atoms with Gasteiger partial charge >= 0.3 is 6.03 Å². The molecule has 4 nitrogen and oxygen atoms in total. The minimum Gasteiger partial charge on any atom is -0.393 e. The van der Waals surface area contributed by atoms with Crippen molar-refractivity contribution in [2.45, 2.75) is 57.1 Å². The van der Waals surface area contributed by atoms with Crippen LogP contribution in [0.25, 0.3) is 0 Å². The minimum absolute atomic E-state index is 0.100. The molecule has 2 saturated carbocycles. The molecule has 0 radical (unpaired) electrons. The molecule has 18 heavy (non-hydrogen) atoms. The van der Waals surface area contributed by atoms with Crippen LogP contribution in [0.2, 0.25) is 0 Å². The zero-order valence-corrected chi connectivity index (χ0v) is 11.0. The quantitative estimate of drug-likeness (QED) is 0.747. The average Bonchev–Trinajstić information content (AvgIpc) is 2.93. The first kappa shape index (κ1) is 12.3. The van der Waals surface area contributed by atoms with E-state index in [4.69, 9.17) is 0 Å². The van der Waals surface area contributed by atoms with Crippen LogP contribution in [0, 0.1) is 11.8 Å². The van der Waals surface area contributed by atoms with E-state index in [2.05, 4.69) is 5.32 Å². The molecule has 3 unspecified atom stereocenters. The summed E-state index contributed by atoms with van der Waals surface area (Å²) in [5, 5.41) is 13.0. The summed E-state index contributed by atoms with van der Waals surface area (Å²) in [6.07, 6.45) is 7.90. The van der Waals surface area contributed by atoms with Crippen molar-refractivity contribution in [3.8, 4) is 0 Å². The van der Waals surface area contributed by atoms with Crippen molar-refractivity contribution in [3.63, 3.8) is 0 Å². The molecule has 3 rings (SSSR count). The Hall–Kier alpha value is -0.770. The molecule has 2 N–H and O–H groups in total. The summed E-state index contributed by atoms with van der Waals surface area (Å²) in [5.74, 6) is 0.874. The monoisotopic (exact) mass is 252 g/mol. The third-order valence-corrected chi connectivity index (χ3v) is 5.04. The van der Waals surface area contributed by atoms with Gasteiger partial charge in [0, 0.05) is 25.0 Å². The molecule has 1 saturated heterocycles. The molecule has 0 bridgehead atoms. The lowest BCUT2D eigenvalue weighted by Gasteiger charge is -2.26. The molecule has 1 aliphatic heterocycles. The predicted molar refractivity (Wildman–Crippen MR) is 69.2 cm³/mol. The van der Waals surface area contributed by atoms with Crippen LogP contribution < -0.4 is 5.32 Å². The van der Waals surface area contributed by atoms with Crippen molar-refractivity contribution < 1.29 is 9.90 Å². The van der Waals surface area contributed by atoms with Gasteiger partial charge in [0.05, 0.1) is 6.10 Å². The van der Waals surface area contributed by atoms with Crippen molar-refractivity contribution in [3.05, 3.63) is 0 Å². The number of nitrogens with one attached hydrogen (secondary N) is 1. The number of urea groups is 1. The zero-order chi connectivity index (χ0) is 12.5. The van der Waals surface area contributed by atoms with Crippen molar-refractivity contribution in [1.29, 1.82) is 0 Å². The van der Waals surface area contributed by atoms with E-state index in [0.717, 1.165) is 38.8 Å². The third-order valence-electron chi connectivity index (χ3n) is 5.04. The Balaban J connectivity index is 1.51. The van der Waals surface area contributed by atoms with Gasteiger partial charge in [-0.25, -0.2) is 4.79 Å². The number of fused-ring (bicyclic) bond motifs is 1. The van der Waals surface area contributed by atoms with E-state index < -0.39 is 0 Å². The van der Waals surface area contributed by atoms with Crippen LogP contribution in [0.15, 0.2) is 0 Å². The van der Waals surface area contributed by atoms with Gasteiger partial charge in [-0.05, 0) is 31.6 Å². The fraction of sp³-hybridized carbons (Fsp3) is 0.929. The Kier molecular flexibility index (Phi) is 3.46. The summed E-state index contributed by atoms with van der Waals surface area (Å²) < 4.78 is 0. The molecule has 2 aliphatic carbocycles. The predicted octanol–water partition coefficient (Wildman–Crippen LogP) is 1.73. The van der Waals surface area contributed by atoms with Gasteiger partial charge in [-0.15, -0.1) is 0 Å². The van der Waals surface area contributed by atoms with Gasteiger partial charge in [0.15, 0.2) is 0 Å². The van der Waals surface area contributed by atoms with Crippen LogP contribution in [-0.4, -0.2) is 41.3 Å². The average molecular weight is 252 g/mol. The van der Waals surface area contributed by atoms with Crippen molar-refractivity contribution in [1.82, 2.24) is 10.2 Å². The molecule has 0 spiro atoms. The maximum Gasteiger partial charge on any atom is 0.317 e. The summed E-state index contributed by atoms with van der Waals surface area (Å²) in [5.41, 5.74) is 0. The minimum atomic E-state index is -0.178. The molecule has 4 heteroatoms.